The average molecular weight is 280 g/mol. The van der Waals surface area contributed by atoms with Crippen LogP contribution in [0, 0.1) is 5.92 Å². The number of nitrogens with zero attached hydrogens (tertiary/aromatic N) is 1. The molecule has 1 heterocycles. The van der Waals surface area contributed by atoms with E-state index in [9.17, 15) is 18.0 Å². The van der Waals surface area contributed by atoms with Gasteiger partial charge in [0, 0.05) is 13.0 Å². The van der Waals surface area contributed by atoms with E-state index in [0.29, 0.717) is 9.88 Å². The van der Waals surface area contributed by atoms with Crippen LogP contribution in [0.1, 0.15) is 23.5 Å². The molecule has 102 valence electrons. The van der Waals surface area contributed by atoms with E-state index in [-0.39, 0.29) is 17.4 Å². The topological polar surface area (TPSA) is 46.3 Å². The molecule has 3 nitrogen and oxygen atoms in total. The van der Waals surface area contributed by atoms with Crippen LogP contribution in [0.15, 0.2) is 6.07 Å². The van der Waals surface area contributed by atoms with Crippen molar-refractivity contribution in [3.05, 3.63) is 10.9 Å². The zero-order valence-corrected chi connectivity index (χ0v) is 11.2. The molecule has 1 aromatic rings. The van der Waals surface area contributed by atoms with Crippen molar-refractivity contribution >= 4 is 27.8 Å². The summed E-state index contributed by atoms with van der Waals surface area (Å²) in [6.07, 6.45) is -4.28. The van der Waals surface area contributed by atoms with Crippen molar-refractivity contribution in [1.29, 1.82) is 0 Å². The fourth-order valence-electron chi connectivity index (χ4n) is 1.38. The third kappa shape index (κ3) is 3.63. The predicted molar refractivity (Wildman–Crippen MR) is 67.2 cm³/mol. The van der Waals surface area contributed by atoms with E-state index in [1.54, 1.807) is 13.8 Å². The van der Waals surface area contributed by atoms with Gasteiger partial charge in [-0.3, -0.25) is 4.79 Å². The highest BCUT2D eigenvalue weighted by Gasteiger charge is 2.30. The number of ketones is 1. The normalized spacial score (nSPS) is 11.9. The maximum Gasteiger partial charge on any atom is 0.405 e. The van der Waals surface area contributed by atoms with Crippen LogP contribution in [-0.4, -0.2) is 25.6 Å². The van der Waals surface area contributed by atoms with Crippen molar-refractivity contribution in [3.8, 4) is 0 Å². The Morgan fingerprint density at radius 1 is 1.50 bits per heavy atom. The highest BCUT2D eigenvalue weighted by molar-refractivity contribution is 7.18. The Kier molecular flexibility index (Phi) is 4.26. The largest absolute Gasteiger partial charge is 0.405 e. The first kappa shape index (κ1) is 14.8. The summed E-state index contributed by atoms with van der Waals surface area (Å²) in [6.45, 7) is 2.38. The minimum absolute atomic E-state index is 0.149. The molecule has 0 unspecified atom stereocenters. The maximum absolute atomic E-state index is 12.3. The van der Waals surface area contributed by atoms with Gasteiger partial charge in [0.1, 0.15) is 6.54 Å². The third-order valence-corrected chi connectivity index (χ3v) is 3.57. The molecule has 2 N–H and O–H groups in total. The van der Waals surface area contributed by atoms with E-state index in [2.05, 4.69) is 0 Å². The van der Waals surface area contributed by atoms with E-state index in [4.69, 9.17) is 5.73 Å². The number of nitrogen functional groups attached to an aromatic ring is 1. The first-order chi connectivity index (χ1) is 8.11. The number of hydrogen-bond donors (Lipinski definition) is 1. The molecule has 0 amide bonds. The molecule has 0 bridgehead atoms. The first-order valence-corrected chi connectivity index (χ1v) is 6.15. The maximum atomic E-state index is 12.3. The summed E-state index contributed by atoms with van der Waals surface area (Å²) in [5.74, 6) is -0.379. The van der Waals surface area contributed by atoms with Gasteiger partial charge in [-0.05, 0) is 6.07 Å². The Bertz CT molecular complexity index is 440. The van der Waals surface area contributed by atoms with Crippen molar-refractivity contribution in [3.63, 3.8) is 0 Å². The number of carbonyl (C=O) groups is 1. The highest BCUT2D eigenvalue weighted by atomic mass is 32.1. The number of hydrogen-bond acceptors (Lipinski definition) is 4. The van der Waals surface area contributed by atoms with Crippen molar-refractivity contribution in [2.75, 3.05) is 24.2 Å². The molecule has 0 aromatic carbocycles. The number of halogens is 3. The van der Waals surface area contributed by atoms with Crippen LogP contribution >= 0.6 is 11.3 Å². The molecular weight excluding hydrogens is 265 g/mol. The summed E-state index contributed by atoms with van der Waals surface area (Å²) in [4.78, 5) is 13.1. The van der Waals surface area contributed by atoms with Gasteiger partial charge >= 0.3 is 6.18 Å². The van der Waals surface area contributed by atoms with Gasteiger partial charge in [-0.15, -0.1) is 11.3 Å². The molecule has 1 aromatic heterocycles. The minimum atomic E-state index is -4.28. The predicted octanol–water partition coefficient (Wildman–Crippen LogP) is 3.17. The fourth-order valence-corrected chi connectivity index (χ4v) is 2.51. The molecule has 1 rings (SSSR count). The number of carbonyl (C=O) groups excluding carboxylic acids is 1. The van der Waals surface area contributed by atoms with Gasteiger partial charge in [-0.1, -0.05) is 13.8 Å². The molecule has 0 aliphatic rings. The number of alkyl halides is 3. The smallest absolute Gasteiger partial charge is 0.397 e. The van der Waals surface area contributed by atoms with Crippen LogP contribution < -0.4 is 10.6 Å². The van der Waals surface area contributed by atoms with Crippen LogP contribution in [0.5, 0.6) is 0 Å². The molecule has 0 aliphatic carbocycles. The standard InChI is InChI=1S/C11H15F3N2OS/c1-6(2)9(17)10-7(15)4-8(18-10)16(3)5-11(12,13)14/h4,6H,5,15H2,1-3H3. The van der Waals surface area contributed by atoms with Gasteiger partial charge in [0.15, 0.2) is 5.78 Å². The van der Waals surface area contributed by atoms with Crippen LogP contribution in [0.4, 0.5) is 23.9 Å². The van der Waals surface area contributed by atoms with Gasteiger partial charge in [-0.25, -0.2) is 0 Å². The molecule has 7 heteroatoms. The van der Waals surface area contributed by atoms with Crippen LogP contribution in [0.25, 0.3) is 0 Å². The highest BCUT2D eigenvalue weighted by Crippen LogP contribution is 2.34. The number of anilines is 2. The van der Waals surface area contributed by atoms with Gasteiger partial charge in [0.05, 0.1) is 15.6 Å². The lowest BCUT2D eigenvalue weighted by Crippen LogP contribution is -2.30. The quantitative estimate of drug-likeness (QED) is 0.862. The summed E-state index contributed by atoms with van der Waals surface area (Å²) in [6, 6.07) is 1.41. The second-order valence-electron chi connectivity index (χ2n) is 4.36. The molecule has 0 radical (unpaired) electrons. The summed E-state index contributed by atoms with van der Waals surface area (Å²) in [5, 5.41) is 0.342. The second kappa shape index (κ2) is 5.17. The van der Waals surface area contributed by atoms with Crippen LogP contribution in [-0.2, 0) is 0 Å². The van der Waals surface area contributed by atoms with E-state index in [1.807, 2.05) is 0 Å². The fraction of sp³-hybridized carbons (Fsp3) is 0.545. The molecule has 0 spiro atoms. The lowest BCUT2D eigenvalue weighted by molar-refractivity contribution is -0.119. The SMILES string of the molecule is CC(C)C(=O)c1sc(N(C)CC(F)(F)F)cc1N. The summed E-state index contributed by atoms with van der Waals surface area (Å²) >= 11 is 0.996. The summed E-state index contributed by atoms with van der Waals surface area (Å²) in [7, 11) is 1.32. The van der Waals surface area contributed by atoms with Gasteiger partial charge in [-0.2, -0.15) is 13.2 Å². The van der Waals surface area contributed by atoms with Crippen LogP contribution in [0.2, 0.25) is 0 Å². The molecule has 0 saturated carbocycles. The minimum Gasteiger partial charge on any atom is -0.397 e. The Morgan fingerprint density at radius 2 is 2.06 bits per heavy atom. The Hall–Kier alpha value is -1.24. The number of Topliss-reactive ketones (excluding diaryl/α,β-unsaturated/α-hetero) is 1. The third-order valence-electron chi connectivity index (χ3n) is 2.29. The Labute approximate surface area is 107 Å². The Morgan fingerprint density at radius 3 is 2.50 bits per heavy atom. The van der Waals surface area contributed by atoms with E-state index >= 15 is 0 Å². The average Bonchev–Trinajstić information content (AvgIpc) is 2.56. The molecule has 0 aliphatic heterocycles. The lowest BCUT2D eigenvalue weighted by Gasteiger charge is -2.18. The van der Waals surface area contributed by atoms with E-state index in [1.165, 1.54) is 13.1 Å². The van der Waals surface area contributed by atoms with Crippen molar-refractivity contribution in [2.24, 2.45) is 5.92 Å². The van der Waals surface area contributed by atoms with Gasteiger partial charge in [0.2, 0.25) is 0 Å². The van der Waals surface area contributed by atoms with Gasteiger partial charge < -0.3 is 10.6 Å². The molecule has 0 atom stereocenters. The van der Waals surface area contributed by atoms with E-state index < -0.39 is 12.7 Å². The zero-order chi connectivity index (χ0) is 14.1. The molecular formula is C11H15F3N2OS. The lowest BCUT2D eigenvalue weighted by atomic mass is 10.1. The van der Waals surface area contributed by atoms with Crippen molar-refractivity contribution in [1.82, 2.24) is 0 Å². The van der Waals surface area contributed by atoms with Crippen LogP contribution in [0.3, 0.4) is 0 Å². The second-order valence-corrected chi connectivity index (χ2v) is 5.39. The van der Waals surface area contributed by atoms with Gasteiger partial charge in [0.25, 0.3) is 0 Å². The number of nitrogens with two attached hydrogens (primary N) is 1. The monoisotopic (exact) mass is 280 g/mol. The zero-order valence-electron chi connectivity index (χ0n) is 10.3. The first-order valence-electron chi connectivity index (χ1n) is 5.33. The van der Waals surface area contributed by atoms with Crippen molar-refractivity contribution < 1.29 is 18.0 Å². The Balaban J connectivity index is 2.94. The molecule has 0 fully saturated rings. The van der Waals surface area contributed by atoms with E-state index in [0.717, 1.165) is 16.2 Å². The number of thiophene rings is 1. The molecule has 0 saturated heterocycles. The van der Waals surface area contributed by atoms with Crippen molar-refractivity contribution in [2.45, 2.75) is 20.0 Å². The number of rotatable bonds is 4. The summed E-state index contributed by atoms with van der Waals surface area (Å²) < 4.78 is 36.8. The molecule has 18 heavy (non-hydrogen) atoms. The summed E-state index contributed by atoms with van der Waals surface area (Å²) in [5.41, 5.74) is 5.90.